The summed E-state index contributed by atoms with van der Waals surface area (Å²) in [7, 11) is 0. The van der Waals surface area contributed by atoms with Crippen molar-refractivity contribution in [3.05, 3.63) is 53.7 Å². The maximum atomic E-state index is 12.5. The monoisotopic (exact) mass is 478 g/mol. The highest BCUT2D eigenvalue weighted by Gasteiger charge is 2.21. The van der Waals surface area contributed by atoms with Crippen LogP contribution in [0.25, 0.3) is 11.3 Å². The average molecular weight is 479 g/mol. The van der Waals surface area contributed by atoms with Crippen LogP contribution >= 0.6 is 0 Å². The molecule has 35 heavy (non-hydrogen) atoms. The number of nitrogens with zero attached hydrogens (tertiary/aromatic N) is 3. The van der Waals surface area contributed by atoms with E-state index in [0.29, 0.717) is 35.6 Å². The molecule has 2 aromatic heterocycles. The van der Waals surface area contributed by atoms with E-state index in [1.165, 1.54) is 4.68 Å². The number of hydrogen-bond donors (Lipinski definition) is 3. The summed E-state index contributed by atoms with van der Waals surface area (Å²) < 4.78 is 6.71. The van der Waals surface area contributed by atoms with Gasteiger partial charge in [-0.05, 0) is 69.9 Å². The Kier molecular flexibility index (Phi) is 7.55. The van der Waals surface area contributed by atoms with Gasteiger partial charge in [0.1, 0.15) is 11.4 Å². The van der Waals surface area contributed by atoms with Crippen LogP contribution in [0, 0.1) is 12.3 Å². The first-order chi connectivity index (χ1) is 16.2. The lowest BCUT2D eigenvalue weighted by Crippen LogP contribution is -2.37. The van der Waals surface area contributed by atoms with Crippen molar-refractivity contribution in [2.45, 2.75) is 73.6 Å². The van der Waals surface area contributed by atoms with Crippen molar-refractivity contribution in [1.82, 2.24) is 20.1 Å². The quantitative estimate of drug-likeness (QED) is 0.379. The fourth-order valence-electron chi connectivity index (χ4n) is 3.33. The summed E-state index contributed by atoms with van der Waals surface area (Å²) in [6.07, 6.45) is -0.523. The van der Waals surface area contributed by atoms with Crippen molar-refractivity contribution in [3.63, 3.8) is 0 Å². The van der Waals surface area contributed by atoms with Crippen LogP contribution < -0.4 is 16.4 Å². The van der Waals surface area contributed by atoms with Gasteiger partial charge in [-0.2, -0.15) is 4.68 Å². The molecular weight excluding hydrogens is 440 g/mol. The standard InChI is InChI=1S/C27H38N6O2/c1-17-12-24(32-33(17)25(34)35-27(6,7)8)31-23-14-19(16-29-18(2)26(3,4)5)13-22(30-23)20-10-9-11-21(28)15-20/h9-15,18,29H,16,28H2,1-8H3,(H,30,31,32). The summed E-state index contributed by atoms with van der Waals surface area (Å²) in [5.74, 6) is 1.13. The van der Waals surface area contributed by atoms with Crippen molar-refractivity contribution in [2.75, 3.05) is 11.1 Å². The van der Waals surface area contributed by atoms with E-state index in [0.717, 1.165) is 16.8 Å². The van der Waals surface area contributed by atoms with Crippen LogP contribution in [0.2, 0.25) is 0 Å². The Bertz CT molecular complexity index is 1190. The predicted molar refractivity (Wildman–Crippen MR) is 142 cm³/mol. The predicted octanol–water partition coefficient (Wildman–Crippen LogP) is 5.89. The number of ether oxygens (including phenoxy) is 1. The zero-order chi connectivity index (χ0) is 26.0. The van der Waals surface area contributed by atoms with Gasteiger partial charge in [-0.25, -0.2) is 9.78 Å². The summed E-state index contributed by atoms with van der Waals surface area (Å²) in [5, 5.41) is 11.3. The number of hydrogen-bond acceptors (Lipinski definition) is 7. The first kappa shape index (κ1) is 26.2. The van der Waals surface area contributed by atoms with E-state index in [4.69, 9.17) is 15.5 Å². The summed E-state index contributed by atoms with van der Waals surface area (Å²) in [6, 6.07) is 13.8. The molecule has 0 saturated heterocycles. The SMILES string of the molecule is Cc1cc(Nc2cc(CNC(C)C(C)(C)C)cc(-c3cccc(N)c3)n2)nn1C(=O)OC(C)(C)C. The molecule has 0 saturated carbocycles. The Hall–Kier alpha value is -3.39. The topological polar surface area (TPSA) is 107 Å². The van der Waals surface area contributed by atoms with Gasteiger partial charge in [0.2, 0.25) is 0 Å². The molecule has 0 bridgehead atoms. The fraction of sp³-hybridized carbons (Fsp3) is 0.444. The van der Waals surface area contributed by atoms with E-state index in [2.05, 4.69) is 49.5 Å². The Labute approximate surface area is 208 Å². The van der Waals surface area contributed by atoms with Crippen LogP contribution in [-0.4, -0.2) is 32.5 Å². The van der Waals surface area contributed by atoms with Crippen molar-refractivity contribution in [3.8, 4) is 11.3 Å². The van der Waals surface area contributed by atoms with Gasteiger partial charge in [-0.1, -0.05) is 32.9 Å². The maximum Gasteiger partial charge on any atom is 0.435 e. The molecule has 0 aliphatic rings. The van der Waals surface area contributed by atoms with E-state index < -0.39 is 11.7 Å². The van der Waals surface area contributed by atoms with E-state index >= 15 is 0 Å². The third kappa shape index (κ3) is 7.29. The molecule has 2 heterocycles. The van der Waals surface area contributed by atoms with Crippen LogP contribution in [0.5, 0.6) is 0 Å². The largest absolute Gasteiger partial charge is 0.442 e. The van der Waals surface area contributed by atoms with E-state index in [9.17, 15) is 4.79 Å². The minimum absolute atomic E-state index is 0.136. The van der Waals surface area contributed by atoms with E-state index in [1.807, 2.05) is 58.0 Å². The van der Waals surface area contributed by atoms with Crippen molar-refractivity contribution >= 4 is 23.4 Å². The van der Waals surface area contributed by atoms with Crippen LogP contribution in [0.1, 0.15) is 59.7 Å². The smallest absolute Gasteiger partial charge is 0.435 e. The molecule has 0 aliphatic heterocycles. The first-order valence-electron chi connectivity index (χ1n) is 11.9. The summed E-state index contributed by atoms with van der Waals surface area (Å²) in [6.45, 7) is 16.8. The van der Waals surface area contributed by atoms with Gasteiger partial charge in [-0.3, -0.25) is 0 Å². The Balaban J connectivity index is 1.91. The molecule has 8 heteroatoms. The Morgan fingerprint density at radius 3 is 2.43 bits per heavy atom. The molecular formula is C27H38N6O2. The fourth-order valence-corrected chi connectivity index (χ4v) is 3.33. The molecule has 0 spiro atoms. The third-order valence-electron chi connectivity index (χ3n) is 5.69. The molecule has 0 aliphatic carbocycles. The lowest BCUT2D eigenvalue weighted by atomic mass is 9.88. The second kappa shape index (κ2) is 10.1. The second-order valence-corrected chi connectivity index (χ2v) is 11.0. The number of aromatic nitrogens is 3. The number of nitrogen functional groups attached to an aromatic ring is 1. The van der Waals surface area contributed by atoms with Gasteiger partial charge >= 0.3 is 6.09 Å². The minimum Gasteiger partial charge on any atom is -0.442 e. The van der Waals surface area contributed by atoms with Crippen LogP contribution in [0.3, 0.4) is 0 Å². The molecule has 4 N–H and O–H groups in total. The molecule has 1 atom stereocenters. The van der Waals surface area contributed by atoms with Crippen molar-refractivity contribution < 1.29 is 9.53 Å². The van der Waals surface area contributed by atoms with Crippen molar-refractivity contribution in [1.29, 1.82) is 0 Å². The van der Waals surface area contributed by atoms with Gasteiger partial charge in [0, 0.05) is 35.6 Å². The number of nitrogens with one attached hydrogen (secondary N) is 2. The molecule has 0 amide bonds. The number of rotatable bonds is 6. The van der Waals surface area contributed by atoms with E-state index in [1.54, 1.807) is 6.07 Å². The average Bonchev–Trinajstić information content (AvgIpc) is 3.10. The number of benzene rings is 1. The minimum atomic E-state index is -0.609. The van der Waals surface area contributed by atoms with E-state index in [-0.39, 0.29) is 5.41 Å². The molecule has 3 rings (SSSR count). The number of nitrogens with two attached hydrogens (primary N) is 1. The highest BCUT2D eigenvalue weighted by Crippen LogP contribution is 2.26. The Morgan fingerprint density at radius 1 is 1.09 bits per heavy atom. The lowest BCUT2D eigenvalue weighted by molar-refractivity contribution is 0.0511. The second-order valence-electron chi connectivity index (χ2n) is 11.0. The molecule has 188 valence electrons. The van der Waals surface area contributed by atoms with Crippen LogP contribution in [0.15, 0.2) is 42.5 Å². The summed E-state index contributed by atoms with van der Waals surface area (Å²) >= 11 is 0. The number of aryl methyl sites for hydroxylation is 1. The highest BCUT2D eigenvalue weighted by atomic mass is 16.6. The van der Waals surface area contributed by atoms with Gasteiger partial charge < -0.3 is 21.1 Å². The highest BCUT2D eigenvalue weighted by molar-refractivity contribution is 5.72. The molecule has 0 fully saturated rings. The Morgan fingerprint density at radius 2 is 1.80 bits per heavy atom. The zero-order valence-corrected chi connectivity index (χ0v) is 22.1. The molecule has 1 unspecified atom stereocenters. The number of carbonyl (C=O) groups excluding carboxylic acids is 1. The normalized spacial score (nSPS) is 12.9. The molecule has 3 aromatic rings. The van der Waals surface area contributed by atoms with Crippen LogP contribution in [0.4, 0.5) is 22.1 Å². The lowest BCUT2D eigenvalue weighted by Gasteiger charge is -2.28. The number of pyridine rings is 1. The number of carbonyl (C=O) groups is 1. The molecule has 0 radical (unpaired) electrons. The van der Waals surface area contributed by atoms with Gasteiger partial charge in [0.25, 0.3) is 0 Å². The molecule has 1 aromatic carbocycles. The number of anilines is 3. The first-order valence-corrected chi connectivity index (χ1v) is 11.9. The van der Waals surface area contributed by atoms with Gasteiger partial charge in [0.05, 0.1) is 5.69 Å². The third-order valence-corrected chi connectivity index (χ3v) is 5.69. The maximum absolute atomic E-state index is 12.5. The van der Waals surface area contributed by atoms with Crippen LogP contribution in [-0.2, 0) is 11.3 Å². The molecule has 8 nitrogen and oxygen atoms in total. The van der Waals surface area contributed by atoms with Gasteiger partial charge in [0.15, 0.2) is 5.82 Å². The summed E-state index contributed by atoms with van der Waals surface area (Å²) in [4.78, 5) is 17.3. The van der Waals surface area contributed by atoms with Crippen molar-refractivity contribution in [2.24, 2.45) is 5.41 Å². The van der Waals surface area contributed by atoms with Gasteiger partial charge in [-0.15, -0.1) is 5.10 Å². The summed E-state index contributed by atoms with van der Waals surface area (Å²) in [5.41, 5.74) is 9.68. The zero-order valence-electron chi connectivity index (χ0n) is 22.1.